The number of fused-ring (bicyclic) bond motifs is 1. The molecule has 1 unspecified atom stereocenters. The van der Waals surface area contributed by atoms with Gasteiger partial charge in [-0.05, 0) is 50.4 Å². The van der Waals surface area contributed by atoms with Crippen molar-refractivity contribution in [3.05, 3.63) is 35.4 Å². The van der Waals surface area contributed by atoms with Crippen molar-refractivity contribution < 1.29 is 9.90 Å². The van der Waals surface area contributed by atoms with Gasteiger partial charge in [0.1, 0.15) is 5.82 Å². The highest BCUT2D eigenvalue weighted by molar-refractivity contribution is 5.93. The molecule has 5 heteroatoms. The number of carboxylic acid groups (broad SMARTS) is 1. The minimum Gasteiger partial charge on any atom is -0.476 e. The molecule has 0 spiro atoms. The van der Waals surface area contributed by atoms with Crippen molar-refractivity contribution in [2.75, 3.05) is 13.1 Å². The summed E-state index contributed by atoms with van der Waals surface area (Å²) in [6.45, 7) is 4.08. The Morgan fingerprint density at radius 3 is 3.10 bits per heavy atom. The highest BCUT2D eigenvalue weighted by Gasteiger charge is 2.20. The Kier molecular flexibility index (Phi) is 3.44. The van der Waals surface area contributed by atoms with Gasteiger partial charge in [-0.3, -0.25) is 0 Å². The molecule has 1 aliphatic rings. The summed E-state index contributed by atoms with van der Waals surface area (Å²) in [5, 5.41) is 12.7. The van der Waals surface area contributed by atoms with Crippen LogP contribution in [0.1, 0.15) is 34.7 Å². The van der Waals surface area contributed by atoms with Gasteiger partial charge in [-0.2, -0.15) is 0 Å². The molecule has 5 nitrogen and oxygen atoms in total. The number of nitrogens with zero attached hydrogens (tertiary/aromatic N) is 2. The summed E-state index contributed by atoms with van der Waals surface area (Å²) < 4.78 is 1.94. The third-order valence-electron chi connectivity index (χ3n) is 3.93. The van der Waals surface area contributed by atoms with Crippen LogP contribution < -0.4 is 5.32 Å². The Hall–Kier alpha value is -1.88. The Labute approximate surface area is 117 Å². The standard InChI is InChI=1S/C15H19N3O2/c1-10-4-5-12-14(15(19)20)17-13(18(12)9-10)7-11-3-2-6-16-8-11/h4-5,9,11,16H,2-3,6-8H2,1H3,(H,19,20). The average molecular weight is 273 g/mol. The largest absolute Gasteiger partial charge is 0.476 e. The van der Waals surface area contributed by atoms with Crippen LogP contribution in [0.25, 0.3) is 5.52 Å². The summed E-state index contributed by atoms with van der Waals surface area (Å²) in [4.78, 5) is 15.7. The van der Waals surface area contributed by atoms with Gasteiger partial charge in [0.2, 0.25) is 0 Å². The van der Waals surface area contributed by atoms with E-state index in [2.05, 4.69) is 10.3 Å². The van der Waals surface area contributed by atoms with E-state index in [1.807, 2.05) is 29.7 Å². The number of aromatic carboxylic acids is 1. The molecule has 2 aromatic heterocycles. The summed E-state index contributed by atoms with van der Waals surface area (Å²) in [6.07, 6.45) is 5.15. The maximum absolute atomic E-state index is 11.3. The van der Waals surface area contributed by atoms with Crippen LogP contribution in [-0.2, 0) is 6.42 Å². The number of piperidine rings is 1. The van der Waals surface area contributed by atoms with Gasteiger partial charge >= 0.3 is 5.97 Å². The topological polar surface area (TPSA) is 66.6 Å². The lowest BCUT2D eigenvalue weighted by molar-refractivity contribution is 0.0693. The van der Waals surface area contributed by atoms with E-state index in [9.17, 15) is 9.90 Å². The highest BCUT2D eigenvalue weighted by Crippen LogP contribution is 2.20. The molecule has 0 saturated carbocycles. The molecule has 2 N–H and O–H groups in total. The van der Waals surface area contributed by atoms with Gasteiger partial charge in [-0.15, -0.1) is 0 Å². The van der Waals surface area contributed by atoms with E-state index >= 15 is 0 Å². The fourth-order valence-electron chi connectivity index (χ4n) is 2.91. The fraction of sp³-hybridized carbons (Fsp3) is 0.467. The number of pyridine rings is 1. The lowest BCUT2D eigenvalue weighted by Crippen LogP contribution is -2.31. The molecule has 1 atom stereocenters. The van der Waals surface area contributed by atoms with E-state index in [4.69, 9.17) is 0 Å². The molecule has 1 aliphatic heterocycles. The maximum Gasteiger partial charge on any atom is 0.356 e. The number of carboxylic acids is 1. The van der Waals surface area contributed by atoms with Crippen molar-refractivity contribution in [1.82, 2.24) is 14.7 Å². The number of aryl methyl sites for hydroxylation is 1. The zero-order valence-corrected chi connectivity index (χ0v) is 11.6. The van der Waals surface area contributed by atoms with E-state index in [-0.39, 0.29) is 5.69 Å². The minimum absolute atomic E-state index is 0.156. The number of hydrogen-bond donors (Lipinski definition) is 2. The van der Waals surface area contributed by atoms with Gasteiger partial charge in [-0.1, -0.05) is 6.07 Å². The van der Waals surface area contributed by atoms with Crippen molar-refractivity contribution in [2.45, 2.75) is 26.2 Å². The van der Waals surface area contributed by atoms with Gasteiger partial charge in [0, 0.05) is 12.6 Å². The average Bonchev–Trinajstić information content (AvgIpc) is 2.78. The van der Waals surface area contributed by atoms with Crippen LogP contribution >= 0.6 is 0 Å². The zero-order chi connectivity index (χ0) is 14.1. The first-order chi connectivity index (χ1) is 9.65. The molecule has 0 aliphatic carbocycles. The molecule has 20 heavy (non-hydrogen) atoms. The lowest BCUT2D eigenvalue weighted by atomic mass is 9.96. The Balaban J connectivity index is 2.00. The molecule has 0 amide bonds. The quantitative estimate of drug-likeness (QED) is 0.896. The van der Waals surface area contributed by atoms with Crippen molar-refractivity contribution in [3.63, 3.8) is 0 Å². The molecule has 0 aromatic carbocycles. The van der Waals surface area contributed by atoms with Crippen molar-refractivity contribution in [3.8, 4) is 0 Å². The normalized spacial score (nSPS) is 19.4. The van der Waals surface area contributed by atoms with Crippen LogP contribution in [0.2, 0.25) is 0 Å². The number of nitrogens with one attached hydrogen (secondary N) is 1. The van der Waals surface area contributed by atoms with Crippen LogP contribution in [0, 0.1) is 12.8 Å². The molecule has 3 rings (SSSR count). The van der Waals surface area contributed by atoms with E-state index in [0.717, 1.165) is 30.9 Å². The monoisotopic (exact) mass is 273 g/mol. The molecule has 3 heterocycles. The number of carbonyl (C=O) groups is 1. The fourth-order valence-corrected chi connectivity index (χ4v) is 2.91. The van der Waals surface area contributed by atoms with Crippen LogP contribution in [-0.4, -0.2) is 33.6 Å². The Morgan fingerprint density at radius 2 is 2.40 bits per heavy atom. The second-order valence-electron chi connectivity index (χ2n) is 5.56. The van der Waals surface area contributed by atoms with Gasteiger partial charge in [0.05, 0.1) is 5.52 Å². The molecule has 1 fully saturated rings. The van der Waals surface area contributed by atoms with Crippen molar-refractivity contribution in [1.29, 1.82) is 0 Å². The zero-order valence-electron chi connectivity index (χ0n) is 11.6. The van der Waals surface area contributed by atoms with Gasteiger partial charge in [-0.25, -0.2) is 9.78 Å². The molecule has 106 valence electrons. The second-order valence-corrected chi connectivity index (χ2v) is 5.56. The molecular formula is C15H19N3O2. The van der Waals surface area contributed by atoms with E-state index < -0.39 is 5.97 Å². The lowest BCUT2D eigenvalue weighted by Gasteiger charge is -2.22. The van der Waals surface area contributed by atoms with Crippen LogP contribution in [0.4, 0.5) is 0 Å². The molecule has 0 radical (unpaired) electrons. The van der Waals surface area contributed by atoms with Crippen molar-refractivity contribution >= 4 is 11.5 Å². The summed E-state index contributed by atoms with van der Waals surface area (Å²) in [5.41, 5.74) is 1.94. The van der Waals surface area contributed by atoms with Crippen LogP contribution in [0.3, 0.4) is 0 Å². The van der Waals surface area contributed by atoms with E-state index in [1.165, 1.54) is 12.8 Å². The first-order valence-corrected chi connectivity index (χ1v) is 7.07. The van der Waals surface area contributed by atoms with Gasteiger partial charge < -0.3 is 14.8 Å². The summed E-state index contributed by atoms with van der Waals surface area (Å²) in [7, 11) is 0. The molecular weight excluding hydrogens is 254 g/mol. The first kappa shape index (κ1) is 13.1. The van der Waals surface area contributed by atoms with E-state index in [1.54, 1.807) is 0 Å². The SMILES string of the molecule is Cc1ccc2c(C(=O)O)nc(CC3CCCNC3)n2c1. The summed E-state index contributed by atoms with van der Waals surface area (Å²) in [6, 6.07) is 3.77. The molecule has 2 aromatic rings. The number of rotatable bonds is 3. The Morgan fingerprint density at radius 1 is 1.55 bits per heavy atom. The molecule has 0 bridgehead atoms. The predicted molar refractivity (Wildman–Crippen MR) is 76.2 cm³/mol. The highest BCUT2D eigenvalue weighted by atomic mass is 16.4. The minimum atomic E-state index is -0.959. The number of aromatic nitrogens is 2. The third kappa shape index (κ3) is 2.41. The van der Waals surface area contributed by atoms with Gasteiger partial charge in [0.25, 0.3) is 0 Å². The van der Waals surface area contributed by atoms with Gasteiger partial charge in [0.15, 0.2) is 5.69 Å². The number of imidazole rings is 1. The first-order valence-electron chi connectivity index (χ1n) is 7.07. The maximum atomic E-state index is 11.3. The second kappa shape index (κ2) is 5.25. The summed E-state index contributed by atoms with van der Waals surface area (Å²) in [5.74, 6) is 0.436. The van der Waals surface area contributed by atoms with Crippen LogP contribution in [0.15, 0.2) is 18.3 Å². The smallest absolute Gasteiger partial charge is 0.356 e. The third-order valence-corrected chi connectivity index (χ3v) is 3.93. The van der Waals surface area contributed by atoms with Crippen molar-refractivity contribution in [2.24, 2.45) is 5.92 Å². The van der Waals surface area contributed by atoms with E-state index in [0.29, 0.717) is 11.4 Å². The number of hydrogen-bond acceptors (Lipinski definition) is 3. The predicted octanol–water partition coefficient (Wildman–Crippen LogP) is 1.88. The Bertz CT molecular complexity index is 642. The molecule has 1 saturated heterocycles. The summed E-state index contributed by atoms with van der Waals surface area (Å²) >= 11 is 0. The van der Waals surface area contributed by atoms with Crippen LogP contribution in [0.5, 0.6) is 0 Å².